The predicted molar refractivity (Wildman–Crippen MR) is 88.0 cm³/mol. The zero-order valence-corrected chi connectivity index (χ0v) is 14.1. The molecule has 132 valence electrons. The fourth-order valence-corrected chi connectivity index (χ4v) is 2.61. The third-order valence-electron chi connectivity index (χ3n) is 3.94. The summed E-state index contributed by atoms with van der Waals surface area (Å²) in [6.07, 6.45) is -3.41. The van der Waals surface area contributed by atoms with Gasteiger partial charge in [-0.25, -0.2) is 9.97 Å². The van der Waals surface area contributed by atoms with Crippen LogP contribution >= 0.6 is 11.6 Å². The summed E-state index contributed by atoms with van der Waals surface area (Å²) >= 11 is 5.85. The molecule has 2 aromatic heterocycles. The van der Waals surface area contributed by atoms with E-state index in [-0.39, 0.29) is 17.0 Å². The lowest BCUT2D eigenvalue weighted by Gasteiger charge is -2.18. The zero-order chi connectivity index (χ0) is 18.4. The second kappa shape index (κ2) is 6.18. The van der Waals surface area contributed by atoms with Crippen molar-refractivity contribution in [2.75, 3.05) is 0 Å². The molecule has 0 saturated heterocycles. The Morgan fingerprint density at radius 3 is 2.48 bits per heavy atom. The van der Waals surface area contributed by atoms with E-state index in [4.69, 9.17) is 11.6 Å². The number of hydrogen-bond acceptors (Lipinski definition) is 3. The van der Waals surface area contributed by atoms with Crippen LogP contribution in [0.2, 0.25) is 5.02 Å². The fourth-order valence-electron chi connectivity index (χ4n) is 2.48. The Morgan fingerprint density at radius 2 is 1.88 bits per heavy atom. The average Bonchev–Trinajstić information content (AvgIpc) is 2.90. The lowest BCUT2D eigenvalue weighted by Crippen LogP contribution is -2.29. The molecule has 0 fully saturated rings. The van der Waals surface area contributed by atoms with Gasteiger partial charge in [0.15, 0.2) is 11.2 Å². The summed E-state index contributed by atoms with van der Waals surface area (Å²) in [4.78, 5) is 21.1. The Hall–Kier alpha value is -2.35. The van der Waals surface area contributed by atoms with Crippen LogP contribution in [0.5, 0.6) is 0 Å². The quantitative estimate of drug-likeness (QED) is 0.709. The van der Waals surface area contributed by atoms with Gasteiger partial charge in [0.25, 0.3) is 5.56 Å². The molecular formula is C16H14ClF3N4O. The number of aromatic nitrogens is 4. The van der Waals surface area contributed by atoms with Crippen molar-refractivity contribution < 1.29 is 13.2 Å². The van der Waals surface area contributed by atoms with E-state index in [1.165, 1.54) is 10.9 Å². The molecule has 2 heterocycles. The van der Waals surface area contributed by atoms with Crippen molar-refractivity contribution in [1.82, 2.24) is 19.1 Å². The number of imidazole rings is 1. The van der Waals surface area contributed by atoms with Crippen molar-refractivity contribution in [1.29, 1.82) is 0 Å². The summed E-state index contributed by atoms with van der Waals surface area (Å²) in [7, 11) is 1.63. The van der Waals surface area contributed by atoms with Crippen LogP contribution < -0.4 is 5.56 Å². The number of halogens is 4. The summed E-state index contributed by atoms with van der Waals surface area (Å²) < 4.78 is 41.7. The maximum absolute atomic E-state index is 13.0. The molecule has 0 aliphatic rings. The van der Waals surface area contributed by atoms with Gasteiger partial charge < -0.3 is 4.57 Å². The lowest BCUT2D eigenvalue weighted by atomic mass is 10.1. The average molecular weight is 371 g/mol. The minimum absolute atomic E-state index is 0.0215. The number of hydrogen-bond donors (Lipinski definition) is 0. The zero-order valence-electron chi connectivity index (χ0n) is 13.4. The van der Waals surface area contributed by atoms with Gasteiger partial charge in [0, 0.05) is 18.5 Å². The first-order valence-corrected chi connectivity index (χ1v) is 7.82. The molecule has 3 aromatic rings. The molecule has 0 saturated carbocycles. The molecule has 3 rings (SSSR count). The van der Waals surface area contributed by atoms with E-state index in [1.54, 1.807) is 31.3 Å². The standard InChI is InChI=1S/C16H14ClF3N4O/c1-9(16(18,19)20)7-12-22-14-13(21-8-23(14)2)15(25)24(12)11-5-3-10(17)4-6-11/h3-6,8-9H,7H2,1-2H3. The first kappa shape index (κ1) is 17.5. The summed E-state index contributed by atoms with van der Waals surface area (Å²) in [5.41, 5.74) is 0.219. The van der Waals surface area contributed by atoms with Crippen LogP contribution in [0.25, 0.3) is 16.9 Å². The monoisotopic (exact) mass is 370 g/mol. The summed E-state index contributed by atoms with van der Waals surface area (Å²) in [5, 5.41) is 0.453. The molecule has 1 atom stereocenters. The van der Waals surface area contributed by atoms with Crippen LogP contribution in [-0.2, 0) is 13.5 Å². The highest BCUT2D eigenvalue weighted by atomic mass is 35.5. The Bertz CT molecular complexity index is 976. The van der Waals surface area contributed by atoms with E-state index >= 15 is 0 Å². The normalized spacial score (nSPS) is 13.4. The van der Waals surface area contributed by atoms with Crippen molar-refractivity contribution in [2.45, 2.75) is 19.5 Å². The molecule has 0 aliphatic heterocycles. The number of fused-ring (bicyclic) bond motifs is 1. The first-order chi connectivity index (χ1) is 11.7. The molecule has 5 nitrogen and oxygen atoms in total. The fraction of sp³-hybridized carbons (Fsp3) is 0.312. The third-order valence-corrected chi connectivity index (χ3v) is 4.19. The van der Waals surface area contributed by atoms with Crippen LogP contribution in [-0.4, -0.2) is 25.3 Å². The van der Waals surface area contributed by atoms with Crippen molar-refractivity contribution >= 4 is 22.8 Å². The van der Waals surface area contributed by atoms with Gasteiger partial charge in [-0.05, 0) is 24.3 Å². The predicted octanol–water partition coefficient (Wildman–Crippen LogP) is 3.51. The van der Waals surface area contributed by atoms with Crippen LogP contribution in [0, 0.1) is 5.92 Å². The molecule has 0 amide bonds. The summed E-state index contributed by atoms with van der Waals surface area (Å²) in [6.45, 7) is 1.06. The van der Waals surface area contributed by atoms with E-state index in [1.807, 2.05) is 0 Å². The molecule has 0 N–H and O–H groups in total. The molecule has 0 bridgehead atoms. The SMILES string of the molecule is CC(Cc1nc2c(ncn2C)c(=O)n1-c1ccc(Cl)cc1)C(F)(F)F. The minimum atomic E-state index is -4.38. The Labute approximate surface area is 145 Å². The van der Waals surface area contributed by atoms with Gasteiger partial charge in [0.2, 0.25) is 0 Å². The van der Waals surface area contributed by atoms with Crippen molar-refractivity contribution in [3.63, 3.8) is 0 Å². The van der Waals surface area contributed by atoms with Crippen molar-refractivity contribution in [3.05, 3.63) is 51.8 Å². The van der Waals surface area contributed by atoms with E-state index in [2.05, 4.69) is 9.97 Å². The molecule has 1 unspecified atom stereocenters. The first-order valence-electron chi connectivity index (χ1n) is 7.44. The highest BCUT2D eigenvalue weighted by Crippen LogP contribution is 2.29. The summed E-state index contributed by atoms with van der Waals surface area (Å²) in [6, 6.07) is 6.23. The maximum atomic E-state index is 13.0. The maximum Gasteiger partial charge on any atom is 0.391 e. The molecule has 0 aliphatic carbocycles. The van der Waals surface area contributed by atoms with E-state index in [0.717, 1.165) is 11.5 Å². The third kappa shape index (κ3) is 3.26. The number of nitrogens with zero attached hydrogens (tertiary/aromatic N) is 4. The second-order valence-electron chi connectivity index (χ2n) is 5.82. The number of aryl methyl sites for hydroxylation is 1. The van der Waals surface area contributed by atoms with E-state index in [0.29, 0.717) is 10.7 Å². The smallest absolute Gasteiger partial charge is 0.318 e. The van der Waals surface area contributed by atoms with Crippen LogP contribution in [0.1, 0.15) is 12.7 Å². The van der Waals surface area contributed by atoms with Crippen LogP contribution in [0.3, 0.4) is 0 Å². The van der Waals surface area contributed by atoms with E-state index in [9.17, 15) is 18.0 Å². The van der Waals surface area contributed by atoms with Crippen LogP contribution in [0.15, 0.2) is 35.4 Å². The van der Waals surface area contributed by atoms with Gasteiger partial charge in [-0.2, -0.15) is 13.2 Å². The minimum Gasteiger partial charge on any atom is -0.318 e. The second-order valence-corrected chi connectivity index (χ2v) is 6.26. The number of alkyl halides is 3. The Morgan fingerprint density at radius 1 is 1.24 bits per heavy atom. The van der Waals surface area contributed by atoms with Gasteiger partial charge >= 0.3 is 6.18 Å². The molecule has 0 radical (unpaired) electrons. The van der Waals surface area contributed by atoms with Gasteiger partial charge in [-0.15, -0.1) is 0 Å². The number of rotatable bonds is 3. The Balaban J connectivity index is 2.25. The molecular weight excluding hydrogens is 357 g/mol. The van der Waals surface area contributed by atoms with E-state index < -0.39 is 24.1 Å². The molecule has 1 aromatic carbocycles. The van der Waals surface area contributed by atoms with Gasteiger partial charge in [-0.3, -0.25) is 9.36 Å². The highest BCUT2D eigenvalue weighted by molar-refractivity contribution is 6.30. The summed E-state index contributed by atoms with van der Waals surface area (Å²) in [5.74, 6) is -1.63. The molecule has 25 heavy (non-hydrogen) atoms. The van der Waals surface area contributed by atoms with Crippen molar-refractivity contribution in [3.8, 4) is 5.69 Å². The van der Waals surface area contributed by atoms with Gasteiger partial charge in [-0.1, -0.05) is 18.5 Å². The Kier molecular flexibility index (Phi) is 4.32. The van der Waals surface area contributed by atoms with Gasteiger partial charge in [0.1, 0.15) is 5.82 Å². The highest BCUT2D eigenvalue weighted by Gasteiger charge is 2.37. The molecule has 0 spiro atoms. The lowest BCUT2D eigenvalue weighted by molar-refractivity contribution is -0.169. The topological polar surface area (TPSA) is 52.7 Å². The van der Waals surface area contributed by atoms with Crippen LogP contribution in [0.4, 0.5) is 13.2 Å². The largest absolute Gasteiger partial charge is 0.391 e. The molecule has 9 heteroatoms. The van der Waals surface area contributed by atoms with Crippen molar-refractivity contribution in [2.24, 2.45) is 13.0 Å². The van der Waals surface area contributed by atoms with Gasteiger partial charge in [0.05, 0.1) is 17.9 Å². The number of benzene rings is 1.